The molecule has 0 aliphatic carbocycles. The molecule has 1 heterocycles. The van der Waals surface area contributed by atoms with E-state index in [9.17, 15) is 0 Å². The number of benzene rings is 1. The van der Waals surface area contributed by atoms with Gasteiger partial charge in [-0.15, -0.1) is 0 Å². The van der Waals surface area contributed by atoms with E-state index in [1.54, 1.807) is 6.20 Å². The molecule has 0 unspecified atom stereocenters. The van der Waals surface area contributed by atoms with Gasteiger partial charge in [0.15, 0.2) is 0 Å². The zero-order chi connectivity index (χ0) is 11.5. The van der Waals surface area contributed by atoms with Crippen LogP contribution in [0.3, 0.4) is 0 Å². The van der Waals surface area contributed by atoms with Crippen molar-refractivity contribution in [3.63, 3.8) is 0 Å². The fourth-order valence-electron chi connectivity index (χ4n) is 1.79. The highest BCUT2D eigenvalue weighted by Gasteiger charge is 2.09. The molecule has 16 heavy (non-hydrogen) atoms. The number of nitrogens with zero attached hydrogens (tertiary/aromatic N) is 3. The van der Waals surface area contributed by atoms with Crippen molar-refractivity contribution in [1.82, 2.24) is 9.78 Å². The first-order chi connectivity index (χ1) is 7.76. The number of hydrogen-bond donors (Lipinski definition) is 0. The Morgan fingerprint density at radius 2 is 2.25 bits per heavy atom. The molecule has 0 radical (unpaired) electrons. The third-order valence-corrected chi connectivity index (χ3v) is 2.57. The average molecular weight is 211 g/mol. The number of rotatable bonds is 2. The van der Waals surface area contributed by atoms with Crippen LogP contribution < -0.4 is 0 Å². The van der Waals surface area contributed by atoms with Crippen molar-refractivity contribution in [1.29, 1.82) is 5.26 Å². The molecule has 0 saturated carbocycles. The van der Waals surface area contributed by atoms with Crippen LogP contribution in [0.15, 0.2) is 30.5 Å². The topological polar surface area (TPSA) is 41.6 Å². The highest BCUT2D eigenvalue weighted by molar-refractivity contribution is 5.41. The molecule has 3 heteroatoms. The summed E-state index contributed by atoms with van der Waals surface area (Å²) in [6.45, 7) is 4.08. The van der Waals surface area contributed by atoms with Crippen LogP contribution >= 0.6 is 0 Å². The van der Waals surface area contributed by atoms with Gasteiger partial charge in [-0.3, -0.25) is 0 Å². The van der Waals surface area contributed by atoms with Crippen molar-refractivity contribution in [3.05, 3.63) is 47.3 Å². The molecule has 3 nitrogen and oxygen atoms in total. The summed E-state index contributed by atoms with van der Waals surface area (Å²) in [5, 5.41) is 13.2. The highest BCUT2D eigenvalue weighted by atomic mass is 15.3. The van der Waals surface area contributed by atoms with Crippen molar-refractivity contribution in [2.45, 2.75) is 20.3 Å². The van der Waals surface area contributed by atoms with Crippen molar-refractivity contribution < 1.29 is 0 Å². The van der Waals surface area contributed by atoms with Crippen LogP contribution in [0.2, 0.25) is 0 Å². The fourth-order valence-corrected chi connectivity index (χ4v) is 1.79. The van der Waals surface area contributed by atoms with Gasteiger partial charge in [0, 0.05) is 0 Å². The van der Waals surface area contributed by atoms with Crippen LogP contribution in [0.25, 0.3) is 5.69 Å². The van der Waals surface area contributed by atoms with Crippen molar-refractivity contribution in [3.8, 4) is 11.8 Å². The van der Waals surface area contributed by atoms with Gasteiger partial charge >= 0.3 is 0 Å². The smallest absolute Gasteiger partial charge is 0.103 e. The molecule has 0 amide bonds. The van der Waals surface area contributed by atoms with E-state index in [4.69, 9.17) is 5.26 Å². The lowest BCUT2D eigenvalue weighted by Crippen LogP contribution is -2.02. The van der Waals surface area contributed by atoms with E-state index in [2.05, 4.69) is 17.2 Å². The summed E-state index contributed by atoms with van der Waals surface area (Å²) in [6, 6.07) is 10.3. The van der Waals surface area contributed by atoms with Gasteiger partial charge in [-0.05, 0) is 31.0 Å². The molecule has 0 N–H and O–H groups in total. The maximum atomic E-state index is 8.96. The lowest BCUT2D eigenvalue weighted by molar-refractivity contribution is 0.812. The second kappa shape index (κ2) is 4.19. The van der Waals surface area contributed by atoms with Gasteiger partial charge in [-0.25, -0.2) is 4.68 Å². The van der Waals surface area contributed by atoms with E-state index in [0.717, 1.165) is 17.8 Å². The average Bonchev–Trinajstić information content (AvgIpc) is 2.71. The number of aryl methyl sites for hydroxylation is 1. The first-order valence-electron chi connectivity index (χ1n) is 5.30. The minimum Gasteiger partial charge on any atom is -0.236 e. The fraction of sp³-hybridized carbons (Fsp3) is 0.231. The van der Waals surface area contributed by atoms with Crippen molar-refractivity contribution >= 4 is 0 Å². The molecule has 1 aromatic carbocycles. The van der Waals surface area contributed by atoms with Gasteiger partial charge in [0.2, 0.25) is 0 Å². The van der Waals surface area contributed by atoms with Gasteiger partial charge in [-0.1, -0.05) is 19.1 Å². The van der Waals surface area contributed by atoms with Crippen LogP contribution in [0.4, 0.5) is 0 Å². The number of hydrogen-bond acceptors (Lipinski definition) is 2. The third-order valence-electron chi connectivity index (χ3n) is 2.57. The Labute approximate surface area is 94.9 Å². The largest absolute Gasteiger partial charge is 0.236 e. The Hall–Kier alpha value is -2.08. The minimum absolute atomic E-state index is 0.656. The van der Waals surface area contributed by atoms with Crippen LogP contribution in [0, 0.1) is 18.3 Å². The summed E-state index contributed by atoms with van der Waals surface area (Å²) in [5.74, 6) is 0. The SMILES string of the molecule is CCc1c(C#N)cnn1-c1cccc(C)c1. The zero-order valence-electron chi connectivity index (χ0n) is 9.44. The van der Waals surface area contributed by atoms with Crippen LogP contribution in [-0.4, -0.2) is 9.78 Å². The Bertz CT molecular complexity index is 547. The predicted octanol–water partition coefficient (Wildman–Crippen LogP) is 2.61. The molecular formula is C13H13N3. The van der Waals surface area contributed by atoms with E-state index >= 15 is 0 Å². The van der Waals surface area contributed by atoms with Gasteiger partial charge in [-0.2, -0.15) is 10.4 Å². The lowest BCUT2D eigenvalue weighted by atomic mass is 10.2. The van der Waals surface area contributed by atoms with E-state index in [1.165, 1.54) is 5.56 Å². The lowest BCUT2D eigenvalue weighted by Gasteiger charge is -2.06. The molecule has 0 spiro atoms. The Kier molecular flexibility index (Phi) is 2.74. The first-order valence-corrected chi connectivity index (χ1v) is 5.30. The van der Waals surface area contributed by atoms with Gasteiger partial charge in [0.05, 0.1) is 23.1 Å². The van der Waals surface area contributed by atoms with E-state index in [0.29, 0.717) is 5.56 Å². The molecule has 0 fully saturated rings. The zero-order valence-corrected chi connectivity index (χ0v) is 9.44. The van der Waals surface area contributed by atoms with E-state index in [-0.39, 0.29) is 0 Å². The highest BCUT2D eigenvalue weighted by Crippen LogP contribution is 2.15. The standard InChI is InChI=1S/C13H13N3/c1-3-13-11(8-14)9-15-16(13)12-6-4-5-10(2)7-12/h4-7,9H,3H2,1-2H3. The second-order valence-corrected chi connectivity index (χ2v) is 3.72. The minimum atomic E-state index is 0.656. The molecule has 2 rings (SSSR count). The van der Waals surface area contributed by atoms with Crippen LogP contribution in [-0.2, 0) is 6.42 Å². The van der Waals surface area contributed by atoms with Crippen molar-refractivity contribution in [2.75, 3.05) is 0 Å². The summed E-state index contributed by atoms with van der Waals surface area (Å²) in [5.41, 5.74) is 3.82. The Balaban J connectivity index is 2.57. The molecule has 1 aromatic heterocycles. The van der Waals surface area contributed by atoms with Crippen molar-refractivity contribution in [2.24, 2.45) is 0 Å². The molecule has 0 bridgehead atoms. The molecule has 0 aliphatic heterocycles. The predicted molar refractivity (Wildman–Crippen MR) is 62.4 cm³/mol. The Morgan fingerprint density at radius 1 is 1.44 bits per heavy atom. The van der Waals surface area contributed by atoms with E-state index in [1.807, 2.05) is 36.7 Å². The van der Waals surface area contributed by atoms with E-state index < -0.39 is 0 Å². The van der Waals surface area contributed by atoms with Gasteiger partial charge < -0.3 is 0 Å². The maximum absolute atomic E-state index is 8.96. The third kappa shape index (κ3) is 1.70. The maximum Gasteiger partial charge on any atom is 0.103 e. The van der Waals surface area contributed by atoms with Crippen LogP contribution in [0.5, 0.6) is 0 Å². The number of nitriles is 1. The summed E-state index contributed by atoms with van der Waals surface area (Å²) >= 11 is 0. The summed E-state index contributed by atoms with van der Waals surface area (Å²) in [7, 11) is 0. The van der Waals surface area contributed by atoms with Crippen LogP contribution in [0.1, 0.15) is 23.7 Å². The Morgan fingerprint density at radius 3 is 2.88 bits per heavy atom. The first kappa shape index (κ1) is 10.4. The second-order valence-electron chi connectivity index (χ2n) is 3.72. The molecule has 0 aliphatic rings. The van der Waals surface area contributed by atoms with Gasteiger partial charge in [0.1, 0.15) is 6.07 Å². The quantitative estimate of drug-likeness (QED) is 0.766. The summed E-state index contributed by atoms with van der Waals surface area (Å²) in [6.07, 6.45) is 2.43. The molecule has 0 saturated heterocycles. The monoisotopic (exact) mass is 211 g/mol. The number of aromatic nitrogens is 2. The van der Waals surface area contributed by atoms with Gasteiger partial charge in [0.25, 0.3) is 0 Å². The molecule has 0 atom stereocenters. The summed E-state index contributed by atoms with van der Waals surface area (Å²) < 4.78 is 1.84. The molecular weight excluding hydrogens is 198 g/mol. The normalized spacial score (nSPS) is 10.1. The molecule has 2 aromatic rings. The summed E-state index contributed by atoms with van der Waals surface area (Å²) in [4.78, 5) is 0. The molecule has 80 valence electrons.